The van der Waals surface area contributed by atoms with E-state index in [4.69, 9.17) is 5.11 Å². The second kappa shape index (κ2) is 5.12. The second-order valence-electron chi connectivity index (χ2n) is 3.88. The molecule has 1 aliphatic rings. The molecule has 0 radical (unpaired) electrons. The minimum Gasteiger partial charge on any atom is -0.478 e. The van der Waals surface area contributed by atoms with Gasteiger partial charge in [-0.3, -0.25) is 4.90 Å². The fraction of sp³-hybridized carbons (Fsp3) is 0.700. The van der Waals surface area contributed by atoms with Crippen LogP contribution in [0.4, 0.5) is 0 Å². The molecule has 1 unspecified atom stereocenters. The molecule has 1 saturated heterocycles. The van der Waals surface area contributed by atoms with E-state index in [1.165, 1.54) is 12.5 Å². The molecule has 1 rings (SSSR count). The Labute approximate surface area is 84.8 Å². The van der Waals surface area contributed by atoms with Crippen LogP contribution >= 0.6 is 0 Å². The molecule has 0 saturated carbocycles. The van der Waals surface area contributed by atoms with E-state index in [0.717, 1.165) is 13.1 Å². The second-order valence-corrected chi connectivity index (χ2v) is 3.88. The highest BCUT2D eigenvalue weighted by Gasteiger charge is 2.22. The molecule has 0 amide bonds. The van der Waals surface area contributed by atoms with E-state index in [0.29, 0.717) is 12.6 Å². The Morgan fingerprint density at radius 3 is 2.93 bits per heavy atom. The Hall–Kier alpha value is -0.870. The molecular formula is C10H18N2O2. The molecule has 14 heavy (non-hydrogen) atoms. The summed E-state index contributed by atoms with van der Waals surface area (Å²) in [6.45, 7) is 2.93. The van der Waals surface area contributed by atoms with Crippen molar-refractivity contribution >= 4 is 5.97 Å². The summed E-state index contributed by atoms with van der Waals surface area (Å²) in [4.78, 5) is 14.7. The highest BCUT2D eigenvalue weighted by Crippen LogP contribution is 2.11. The molecule has 0 bridgehead atoms. The summed E-state index contributed by atoms with van der Waals surface area (Å²) >= 11 is 0. The Kier molecular flexibility index (Phi) is 4.10. The highest BCUT2D eigenvalue weighted by atomic mass is 16.4. The predicted octanol–water partition coefficient (Wildman–Crippen LogP) is 0.263. The largest absolute Gasteiger partial charge is 0.478 e. The van der Waals surface area contributed by atoms with Crippen LogP contribution in [0.5, 0.6) is 0 Å². The van der Waals surface area contributed by atoms with Crippen LogP contribution in [0.25, 0.3) is 0 Å². The number of aliphatic carboxylic acids is 1. The lowest BCUT2D eigenvalue weighted by atomic mass is 10.2. The van der Waals surface area contributed by atoms with Crippen LogP contribution in [0, 0.1) is 0 Å². The van der Waals surface area contributed by atoms with Gasteiger partial charge in [-0.25, -0.2) is 4.79 Å². The molecule has 1 heterocycles. The number of likely N-dealkylation sites (N-methyl/N-ethyl adjacent to an activating group) is 2. The van der Waals surface area contributed by atoms with Gasteiger partial charge >= 0.3 is 5.97 Å². The normalized spacial score (nSPS) is 23.8. The van der Waals surface area contributed by atoms with Gasteiger partial charge in [0.2, 0.25) is 0 Å². The first-order valence-electron chi connectivity index (χ1n) is 4.88. The van der Waals surface area contributed by atoms with Crippen LogP contribution in [0.3, 0.4) is 0 Å². The maximum atomic E-state index is 10.2. The SMILES string of the molecule is CN1CCC(N(C)C/C=C/C(=O)O)C1. The van der Waals surface area contributed by atoms with Crippen molar-refractivity contribution in [3.05, 3.63) is 12.2 Å². The van der Waals surface area contributed by atoms with Crippen LogP contribution in [-0.4, -0.2) is 60.6 Å². The van der Waals surface area contributed by atoms with Crippen molar-refractivity contribution in [1.82, 2.24) is 9.80 Å². The van der Waals surface area contributed by atoms with E-state index in [9.17, 15) is 4.79 Å². The van der Waals surface area contributed by atoms with Crippen LogP contribution in [-0.2, 0) is 4.79 Å². The van der Waals surface area contributed by atoms with Gasteiger partial charge in [-0.15, -0.1) is 0 Å². The third-order valence-corrected chi connectivity index (χ3v) is 2.64. The number of hydrogen-bond acceptors (Lipinski definition) is 3. The first kappa shape index (κ1) is 11.2. The van der Waals surface area contributed by atoms with Gasteiger partial charge in [0.25, 0.3) is 0 Å². The fourth-order valence-corrected chi connectivity index (χ4v) is 1.74. The van der Waals surface area contributed by atoms with Gasteiger partial charge in [-0.2, -0.15) is 0 Å². The predicted molar refractivity (Wildman–Crippen MR) is 55.3 cm³/mol. The lowest BCUT2D eigenvalue weighted by Gasteiger charge is -2.22. The molecule has 1 atom stereocenters. The van der Waals surface area contributed by atoms with Gasteiger partial charge in [0.15, 0.2) is 0 Å². The summed E-state index contributed by atoms with van der Waals surface area (Å²) < 4.78 is 0. The molecule has 0 aromatic carbocycles. The van der Waals surface area contributed by atoms with Crippen molar-refractivity contribution in [2.24, 2.45) is 0 Å². The lowest BCUT2D eigenvalue weighted by Crippen LogP contribution is -2.33. The van der Waals surface area contributed by atoms with Crippen LogP contribution < -0.4 is 0 Å². The van der Waals surface area contributed by atoms with Crippen molar-refractivity contribution in [2.45, 2.75) is 12.5 Å². The molecule has 1 N–H and O–H groups in total. The van der Waals surface area contributed by atoms with E-state index in [-0.39, 0.29) is 0 Å². The van der Waals surface area contributed by atoms with Crippen molar-refractivity contribution in [1.29, 1.82) is 0 Å². The molecule has 4 nitrogen and oxygen atoms in total. The van der Waals surface area contributed by atoms with Gasteiger partial charge in [-0.05, 0) is 27.1 Å². The molecule has 0 aliphatic carbocycles. The van der Waals surface area contributed by atoms with Gasteiger partial charge < -0.3 is 10.0 Å². The molecule has 0 aromatic rings. The van der Waals surface area contributed by atoms with E-state index in [2.05, 4.69) is 16.8 Å². The topological polar surface area (TPSA) is 43.8 Å². The fourth-order valence-electron chi connectivity index (χ4n) is 1.74. The first-order valence-corrected chi connectivity index (χ1v) is 4.88. The summed E-state index contributed by atoms with van der Waals surface area (Å²) in [5.41, 5.74) is 0. The maximum Gasteiger partial charge on any atom is 0.328 e. The molecule has 1 aliphatic heterocycles. The van der Waals surface area contributed by atoms with Gasteiger partial charge in [0.1, 0.15) is 0 Å². The maximum absolute atomic E-state index is 10.2. The number of likely N-dealkylation sites (tertiary alicyclic amines) is 1. The molecule has 1 fully saturated rings. The number of rotatable bonds is 4. The van der Waals surface area contributed by atoms with E-state index in [1.807, 2.05) is 7.05 Å². The Balaban J connectivity index is 2.28. The average Bonchev–Trinajstić information content (AvgIpc) is 2.51. The number of nitrogens with zero attached hydrogens (tertiary/aromatic N) is 2. The Morgan fingerprint density at radius 2 is 2.43 bits per heavy atom. The first-order chi connectivity index (χ1) is 6.59. The monoisotopic (exact) mass is 198 g/mol. The third-order valence-electron chi connectivity index (χ3n) is 2.64. The minimum atomic E-state index is -0.873. The van der Waals surface area contributed by atoms with E-state index >= 15 is 0 Å². The van der Waals surface area contributed by atoms with Crippen LogP contribution in [0.2, 0.25) is 0 Å². The zero-order valence-corrected chi connectivity index (χ0v) is 8.81. The molecule has 0 spiro atoms. The summed E-state index contributed by atoms with van der Waals surface area (Å²) in [5.74, 6) is -0.873. The quantitative estimate of drug-likeness (QED) is 0.658. The van der Waals surface area contributed by atoms with E-state index < -0.39 is 5.97 Å². The summed E-state index contributed by atoms with van der Waals surface area (Å²) in [7, 11) is 4.15. The number of carboxylic acid groups (broad SMARTS) is 1. The molecule has 4 heteroatoms. The smallest absolute Gasteiger partial charge is 0.328 e. The average molecular weight is 198 g/mol. The summed E-state index contributed by atoms with van der Waals surface area (Å²) in [5, 5.41) is 8.42. The zero-order valence-electron chi connectivity index (χ0n) is 8.81. The zero-order chi connectivity index (χ0) is 10.6. The lowest BCUT2D eigenvalue weighted by molar-refractivity contribution is -0.131. The van der Waals surface area contributed by atoms with Gasteiger partial charge in [0, 0.05) is 25.2 Å². The molecular weight excluding hydrogens is 180 g/mol. The number of hydrogen-bond donors (Lipinski definition) is 1. The molecule has 0 aromatic heterocycles. The standard InChI is InChI=1S/C10H18N2O2/c1-11-7-5-9(8-11)12(2)6-3-4-10(13)14/h3-4,9H,5-8H2,1-2H3,(H,13,14)/b4-3+. The summed E-state index contributed by atoms with van der Waals surface area (Å²) in [6, 6.07) is 0.568. The van der Waals surface area contributed by atoms with Crippen molar-refractivity contribution in [3.63, 3.8) is 0 Å². The third kappa shape index (κ3) is 3.47. The number of carboxylic acids is 1. The van der Waals surface area contributed by atoms with Crippen LogP contribution in [0.1, 0.15) is 6.42 Å². The Bertz CT molecular complexity index is 228. The van der Waals surface area contributed by atoms with E-state index in [1.54, 1.807) is 6.08 Å². The van der Waals surface area contributed by atoms with Gasteiger partial charge in [-0.1, -0.05) is 6.08 Å². The highest BCUT2D eigenvalue weighted by molar-refractivity contribution is 5.79. The number of carbonyl (C=O) groups is 1. The molecule has 80 valence electrons. The Morgan fingerprint density at radius 1 is 1.71 bits per heavy atom. The van der Waals surface area contributed by atoms with Gasteiger partial charge in [0.05, 0.1) is 0 Å². The van der Waals surface area contributed by atoms with Crippen molar-refractivity contribution in [3.8, 4) is 0 Å². The van der Waals surface area contributed by atoms with Crippen LogP contribution in [0.15, 0.2) is 12.2 Å². The minimum absolute atomic E-state index is 0.568. The van der Waals surface area contributed by atoms with Crippen molar-refractivity contribution < 1.29 is 9.90 Å². The summed E-state index contributed by atoms with van der Waals surface area (Å²) in [6.07, 6.45) is 4.07. The van der Waals surface area contributed by atoms with Crippen molar-refractivity contribution in [2.75, 3.05) is 33.7 Å².